The molecule has 2 aromatic heterocycles. The van der Waals surface area contributed by atoms with E-state index in [1.165, 1.54) is 23.5 Å². The molecule has 4 rings (SSSR count). The summed E-state index contributed by atoms with van der Waals surface area (Å²) >= 11 is 7.32. The average molecular weight is 514 g/mol. The Morgan fingerprint density at radius 2 is 1.88 bits per heavy atom. The van der Waals surface area contributed by atoms with Crippen LogP contribution in [0, 0.1) is 0 Å². The van der Waals surface area contributed by atoms with Crippen LogP contribution in [0.4, 0.5) is 5.13 Å². The molecule has 9 heteroatoms. The molecule has 0 spiro atoms. The Labute approximate surface area is 208 Å². The third-order valence-corrected chi connectivity index (χ3v) is 8.56. The average Bonchev–Trinajstić information content (AvgIpc) is 3.27. The number of rotatable bonds is 9. The molecular formula is C25H24ClN3O3S2. The first-order valence-electron chi connectivity index (χ1n) is 10.9. The lowest BCUT2D eigenvalue weighted by atomic mass is 10.1. The molecule has 34 heavy (non-hydrogen) atoms. The van der Waals surface area contributed by atoms with E-state index in [0.717, 1.165) is 27.8 Å². The van der Waals surface area contributed by atoms with E-state index in [1.54, 1.807) is 29.4 Å². The largest absolute Gasteiger partial charge is 0.284 e. The Balaban J connectivity index is 1.54. The Morgan fingerprint density at radius 3 is 2.59 bits per heavy atom. The number of para-hydroxylation sites is 1. The van der Waals surface area contributed by atoms with Crippen molar-refractivity contribution in [2.24, 2.45) is 0 Å². The highest BCUT2D eigenvalue weighted by Gasteiger charge is 2.22. The number of fused-ring (bicyclic) bond motifs is 1. The van der Waals surface area contributed by atoms with Crippen LogP contribution in [-0.4, -0.2) is 30.0 Å². The summed E-state index contributed by atoms with van der Waals surface area (Å²) in [6.45, 7) is 2.39. The summed E-state index contributed by atoms with van der Waals surface area (Å²) in [5.41, 5.74) is 2.90. The molecule has 0 saturated carbocycles. The number of carbonyl (C=O) groups excluding carboxylic acids is 1. The number of pyridine rings is 1. The van der Waals surface area contributed by atoms with Crippen molar-refractivity contribution in [1.82, 2.24) is 9.97 Å². The normalized spacial score (nSPS) is 11.6. The van der Waals surface area contributed by atoms with E-state index in [2.05, 4.69) is 11.9 Å². The minimum atomic E-state index is -3.50. The fourth-order valence-corrected chi connectivity index (χ4v) is 6.11. The van der Waals surface area contributed by atoms with E-state index in [9.17, 15) is 13.2 Å². The van der Waals surface area contributed by atoms with Gasteiger partial charge in [0.05, 0.1) is 27.4 Å². The van der Waals surface area contributed by atoms with Gasteiger partial charge in [0, 0.05) is 23.8 Å². The highest BCUT2D eigenvalue weighted by atomic mass is 35.5. The van der Waals surface area contributed by atoms with Crippen molar-refractivity contribution < 1.29 is 13.2 Å². The van der Waals surface area contributed by atoms with Gasteiger partial charge < -0.3 is 0 Å². The minimum Gasteiger partial charge on any atom is -0.284 e. The smallest absolute Gasteiger partial charge is 0.229 e. The number of thiazole rings is 1. The van der Waals surface area contributed by atoms with Crippen LogP contribution in [0.2, 0.25) is 5.02 Å². The molecule has 0 saturated heterocycles. The molecule has 176 valence electrons. The molecule has 2 aromatic carbocycles. The number of benzene rings is 2. The molecule has 6 nitrogen and oxygen atoms in total. The van der Waals surface area contributed by atoms with E-state index in [-0.39, 0.29) is 29.4 Å². The van der Waals surface area contributed by atoms with Crippen LogP contribution in [-0.2, 0) is 27.6 Å². The molecule has 0 aliphatic rings. The number of sulfone groups is 1. The zero-order valence-corrected chi connectivity index (χ0v) is 21.0. The lowest BCUT2D eigenvalue weighted by molar-refractivity contribution is -0.118. The topological polar surface area (TPSA) is 80.2 Å². The van der Waals surface area contributed by atoms with E-state index < -0.39 is 9.84 Å². The maximum atomic E-state index is 13.3. The quantitative estimate of drug-likeness (QED) is 0.287. The maximum absolute atomic E-state index is 13.3. The number of aromatic nitrogens is 2. The van der Waals surface area contributed by atoms with Crippen LogP contribution >= 0.6 is 22.9 Å². The molecule has 1 amide bonds. The lowest BCUT2D eigenvalue weighted by Gasteiger charge is -2.20. The summed E-state index contributed by atoms with van der Waals surface area (Å²) in [7, 11) is -3.50. The number of hydrogen-bond acceptors (Lipinski definition) is 6. The number of anilines is 1. The van der Waals surface area contributed by atoms with Crippen LogP contribution < -0.4 is 4.90 Å². The third-order valence-electron chi connectivity index (χ3n) is 5.44. The molecule has 0 N–H and O–H groups in total. The van der Waals surface area contributed by atoms with Gasteiger partial charge in [-0.1, -0.05) is 48.1 Å². The molecule has 2 heterocycles. The van der Waals surface area contributed by atoms with Gasteiger partial charge in [-0.05, 0) is 60.4 Å². The zero-order valence-electron chi connectivity index (χ0n) is 18.6. The van der Waals surface area contributed by atoms with Gasteiger partial charge in [0.1, 0.15) is 0 Å². The third kappa shape index (κ3) is 5.63. The summed E-state index contributed by atoms with van der Waals surface area (Å²) in [6.07, 6.45) is 4.54. The first-order valence-corrected chi connectivity index (χ1v) is 13.8. The van der Waals surface area contributed by atoms with Crippen LogP contribution in [0.15, 0.2) is 71.9 Å². The predicted octanol–water partition coefficient (Wildman–Crippen LogP) is 5.69. The van der Waals surface area contributed by atoms with Gasteiger partial charge in [-0.25, -0.2) is 13.4 Å². The van der Waals surface area contributed by atoms with Crippen molar-refractivity contribution >= 4 is 54.0 Å². The van der Waals surface area contributed by atoms with Gasteiger partial charge in [-0.3, -0.25) is 14.7 Å². The molecule has 0 fully saturated rings. The minimum absolute atomic E-state index is 0.0869. The summed E-state index contributed by atoms with van der Waals surface area (Å²) in [6, 6.07) is 15.8. The van der Waals surface area contributed by atoms with Gasteiger partial charge in [-0.15, -0.1) is 0 Å². The molecule has 0 bridgehead atoms. The standard InChI is InChI=1S/C25H24ClN3O3S2/c1-2-19-7-3-8-22-24(19)28-25(33-22)29(17-18-6-4-14-27-16-18)23(30)9-5-15-34(31,32)21-12-10-20(26)11-13-21/h3-4,6-8,10-14,16H,2,5,9,15,17H2,1H3. The van der Waals surface area contributed by atoms with E-state index >= 15 is 0 Å². The van der Waals surface area contributed by atoms with Gasteiger partial charge in [0.25, 0.3) is 0 Å². The molecule has 0 atom stereocenters. The second-order valence-corrected chi connectivity index (χ2v) is 11.4. The number of nitrogens with zero attached hydrogens (tertiary/aromatic N) is 3. The highest BCUT2D eigenvalue weighted by molar-refractivity contribution is 7.91. The molecular weight excluding hydrogens is 490 g/mol. The molecule has 4 aromatic rings. The summed E-state index contributed by atoms with van der Waals surface area (Å²) < 4.78 is 26.3. The number of halogens is 1. The van der Waals surface area contributed by atoms with E-state index in [4.69, 9.17) is 16.6 Å². The van der Waals surface area contributed by atoms with Crippen LogP contribution in [0.1, 0.15) is 30.9 Å². The first-order chi connectivity index (χ1) is 16.4. The molecule has 0 radical (unpaired) electrons. The van der Waals surface area contributed by atoms with Crippen molar-refractivity contribution in [3.63, 3.8) is 0 Å². The van der Waals surface area contributed by atoms with Crippen molar-refractivity contribution in [2.75, 3.05) is 10.7 Å². The first kappa shape index (κ1) is 24.3. The fraction of sp³-hybridized carbons (Fsp3) is 0.240. The van der Waals surface area contributed by atoms with Gasteiger partial charge in [-0.2, -0.15) is 0 Å². The number of carbonyl (C=O) groups is 1. The van der Waals surface area contributed by atoms with Crippen LogP contribution in [0.25, 0.3) is 10.2 Å². The molecule has 0 aliphatic carbocycles. The predicted molar refractivity (Wildman–Crippen MR) is 137 cm³/mol. The monoisotopic (exact) mass is 513 g/mol. The Kier molecular flexibility index (Phi) is 7.60. The number of hydrogen-bond donors (Lipinski definition) is 0. The number of amides is 1. The lowest BCUT2D eigenvalue weighted by Crippen LogP contribution is -2.30. The fourth-order valence-electron chi connectivity index (χ4n) is 3.64. The van der Waals surface area contributed by atoms with E-state index in [0.29, 0.717) is 16.7 Å². The highest BCUT2D eigenvalue weighted by Crippen LogP contribution is 2.32. The van der Waals surface area contributed by atoms with Gasteiger partial charge in [0.15, 0.2) is 15.0 Å². The Hall–Kier alpha value is -2.81. The Bertz CT molecular complexity index is 1390. The summed E-state index contributed by atoms with van der Waals surface area (Å²) in [5.74, 6) is -0.298. The van der Waals surface area contributed by atoms with Crippen molar-refractivity contribution in [2.45, 2.75) is 37.6 Å². The van der Waals surface area contributed by atoms with Crippen LogP contribution in [0.5, 0.6) is 0 Å². The summed E-state index contributed by atoms with van der Waals surface area (Å²) in [5, 5.41) is 1.08. The van der Waals surface area contributed by atoms with Crippen molar-refractivity contribution in [3.8, 4) is 0 Å². The maximum Gasteiger partial charge on any atom is 0.229 e. The Morgan fingerprint density at radius 1 is 1.09 bits per heavy atom. The van der Waals surface area contributed by atoms with Crippen molar-refractivity contribution in [3.05, 3.63) is 83.1 Å². The SMILES string of the molecule is CCc1cccc2sc(N(Cc3cccnc3)C(=O)CCCS(=O)(=O)c3ccc(Cl)cc3)nc12. The second-order valence-electron chi connectivity index (χ2n) is 7.83. The van der Waals surface area contributed by atoms with Crippen LogP contribution in [0.3, 0.4) is 0 Å². The second kappa shape index (κ2) is 10.6. The zero-order chi connectivity index (χ0) is 24.1. The van der Waals surface area contributed by atoms with Gasteiger partial charge in [0.2, 0.25) is 5.91 Å². The molecule has 0 aliphatic heterocycles. The number of aryl methyl sites for hydroxylation is 1. The van der Waals surface area contributed by atoms with Crippen molar-refractivity contribution in [1.29, 1.82) is 0 Å². The summed E-state index contributed by atoms with van der Waals surface area (Å²) in [4.78, 5) is 24.1. The molecule has 0 unspecified atom stereocenters. The van der Waals surface area contributed by atoms with E-state index in [1.807, 2.05) is 30.3 Å². The van der Waals surface area contributed by atoms with Gasteiger partial charge >= 0.3 is 0 Å².